The zero-order valence-electron chi connectivity index (χ0n) is 12.4. The molecule has 0 bridgehead atoms. The molecule has 1 N–H and O–H groups in total. The number of methoxy groups -OCH3 is 2. The predicted molar refractivity (Wildman–Crippen MR) is 77.4 cm³/mol. The largest absolute Gasteiger partial charge is 0.496 e. The van der Waals surface area contributed by atoms with Crippen LogP contribution < -0.4 is 19.5 Å². The van der Waals surface area contributed by atoms with Crippen LogP contribution in [0.25, 0.3) is 0 Å². The minimum Gasteiger partial charge on any atom is -0.496 e. The van der Waals surface area contributed by atoms with Crippen molar-refractivity contribution in [1.29, 1.82) is 0 Å². The Morgan fingerprint density at radius 2 is 1.63 bits per heavy atom. The van der Waals surface area contributed by atoms with Crippen molar-refractivity contribution in [2.24, 2.45) is 0 Å². The highest BCUT2D eigenvalue weighted by atomic mass is 16.5. The van der Waals surface area contributed by atoms with Crippen molar-refractivity contribution >= 4 is 0 Å². The van der Waals surface area contributed by atoms with Gasteiger partial charge in [-0.25, -0.2) is 0 Å². The maximum absolute atomic E-state index is 5.86. The van der Waals surface area contributed by atoms with E-state index >= 15 is 0 Å². The molecular weight excluding hydrogens is 242 g/mol. The fourth-order valence-electron chi connectivity index (χ4n) is 1.73. The number of hydrogen-bond donors (Lipinski definition) is 1. The van der Waals surface area contributed by atoms with E-state index < -0.39 is 0 Å². The molecule has 0 aliphatic heterocycles. The zero-order valence-corrected chi connectivity index (χ0v) is 12.4. The van der Waals surface area contributed by atoms with Crippen LogP contribution in [0.3, 0.4) is 0 Å². The molecular formula is C15H25NO3. The molecule has 4 nitrogen and oxygen atoms in total. The lowest BCUT2D eigenvalue weighted by Gasteiger charge is -2.16. The van der Waals surface area contributed by atoms with Gasteiger partial charge in [-0.1, -0.05) is 13.3 Å². The molecule has 0 aliphatic rings. The summed E-state index contributed by atoms with van der Waals surface area (Å²) in [5.74, 6) is 2.24. The highest BCUT2D eigenvalue weighted by Gasteiger charge is 2.07. The highest BCUT2D eigenvalue weighted by Crippen LogP contribution is 2.27. The first-order valence-electron chi connectivity index (χ1n) is 6.80. The highest BCUT2D eigenvalue weighted by molar-refractivity contribution is 5.42. The molecule has 0 aromatic heterocycles. The van der Waals surface area contributed by atoms with Crippen LogP contribution in [0.15, 0.2) is 18.2 Å². The molecule has 1 aromatic carbocycles. The van der Waals surface area contributed by atoms with Crippen LogP contribution in [-0.2, 0) is 0 Å². The smallest absolute Gasteiger partial charge is 0.127 e. The summed E-state index contributed by atoms with van der Waals surface area (Å²) >= 11 is 0. The molecule has 0 heterocycles. The first-order valence-corrected chi connectivity index (χ1v) is 6.80. The third-order valence-electron chi connectivity index (χ3n) is 2.80. The summed E-state index contributed by atoms with van der Waals surface area (Å²) in [5, 5.41) is 3.38. The molecule has 0 spiro atoms. The van der Waals surface area contributed by atoms with Crippen molar-refractivity contribution in [3.63, 3.8) is 0 Å². The SMILES string of the molecule is CCCCNCC(C)Oc1cc(OC)cc(OC)c1. The van der Waals surface area contributed by atoms with Gasteiger partial charge >= 0.3 is 0 Å². The summed E-state index contributed by atoms with van der Waals surface area (Å²) in [7, 11) is 3.27. The van der Waals surface area contributed by atoms with Gasteiger partial charge in [0, 0.05) is 24.7 Å². The van der Waals surface area contributed by atoms with Gasteiger partial charge in [-0.2, -0.15) is 0 Å². The number of rotatable bonds is 9. The molecule has 108 valence electrons. The number of unbranched alkanes of at least 4 members (excludes halogenated alkanes) is 1. The van der Waals surface area contributed by atoms with E-state index in [2.05, 4.69) is 12.2 Å². The fourth-order valence-corrected chi connectivity index (χ4v) is 1.73. The lowest BCUT2D eigenvalue weighted by Crippen LogP contribution is -2.29. The van der Waals surface area contributed by atoms with Crippen LogP contribution >= 0.6 is 0 Å². The maximum Gasteiger partial charge on any atom is 0.127 e. The quantitative estimate of drug-likeness (QED) is 0.698. The lowest BCUT2D eigenvalue weighted by molar-refractivity contribution is 0.215. The summed E-state index contributed by atoms with van der Waals surface area (Å²) < 4.78 is 16.3. The minimum atomic E-state index is 0.105. The number of ether oxygens (including phenoxy) is 3. The molecule has 1 aromatic rings. The second-order valence-corrected chi connectivity index (χ2v) is 4.53. The Morgan fingerprint density at radius 3 is 2.16 bits per heavy atom. The molecule has 4 heteroatoms. The molecule has 1 rings (SSSR count). The van der Waals surface area contributed by atoms with Crippen LogP contribution in [0.4, 0.5) is 0 Å². The number of nitrogens with one attached hydrogen (secondary N) is 1. The topological polar surface area (TPSA) is 39.7 Å². The van der Waals surface area contributed by atoms with Gasteiger partial charge in [0.05, 0.1) is 14.2 Å². The first-order chi connectivity index (χ1) is 9.19. The van der Waals surface area contributed by atoms with Crippen molar-refractivity contribution in [3.05, 3.63) is 18.2 Å². The van der Waals surface area contributed by atoms with E-state index in [9.17, 15) is 0 Å². The van der Waals surface area contributed by atoms with Crippen LogP contribution in [0.2, 0.25) is 0 Å². The van der Waals surface area contributed by atoms with Crippen molar-refractivity contribution in [2.75, 3.05) is 27.3 Å². The Balaban J connectivity index is 2.50. The van der Waals surface area contributed by atoms with Gasteiger partial charge in [0.2, 0.25) is 0 Å². The monoisotopic (exact) mass is 267 g/mol. The van der Waals surface area contributed by atoms with Crippen LogP contribution in [-0.4, -0.2) is 33.4 Å². The average Bonchev–Trinajstić information content (AvgIpc) is 2.43. The van der Waals surface area contributed by atoms with Crippen molar-refractivity contribution in [3.8, 4) is 17.2 Å². The van der Waals surface area contributed by atoms with Gasteiger partial charge in [-0.05, 0) is 19.9 Å². The Morgan fingerprint density at radius 1 is 1.05 bits per heavy atom. The van der Waals surface area contributed by atoms with Crippen LogP contribution in [0.1, 0.15) is 26.7 Å². The Hall–Kier alpha value is -1.42. The normalized spacial score (nSPS) is 12.0. The Labute approximate surface area is 116 Å². The Kier molecular flexibility index (Phi) is 7.11. The van der Waals surface area contributed by atoms with Crippen LogP contribution in [0, 0.1) is 0 Å². The summed E-state index contributed by atoms with van der Waals surface area (Å²) in [5.41, 5.74) is 0. The Bertz CT molecular complexity index is 346. The maximum atomic E-state index is 5.86. The molecule has 0 aliphatic carbocycles. The van der Waals surface area contributed by atoms with Crippen LogP contribution in [0.5, 0.6) is 17.2 Å². The van der Waals surface area contributed by atoms with E-state index in [1.54, 1.807) is 14.2 Å². The summed E-state index contributed by atoms with van der Waals surface area (Å²) in [6, 6.07) is 5.56. The lowest BCUT2D eigenvalue weighted by atomic mass is 10.3. The van der Waals surface area contributed by atoms with Gasteiger partial charge in [0.25, 0.3) is 0 Å². The number of benzene rings is 1. The third-order valence-corrected chi connectivity index (χ3v) is 2.80. The third kappa shape index (κ3) is 5.83. The average molecular weight is 267 g/mol. The standard InChI is InChI=1S/C15H25NO3/c1-5-6-7-16-11-12(2)19-15-9-13(17-3)8-14(10-15)18-4/h8-10,12,16H,5-7,11H2,1-4H3. The van der Waals surface area contributed by atoms with Crippen molar-refractivity contribution in [1.82, 2.24) is 5.32 Å². The van der Waals surface area contributed by atoms with Gasteiger partial charge in [0.15, 0.2) is 0 Å². The van der Waals surface area contributed by atoms with Gasteiger partial charge in [-0.15, -0.1) is 0 Å². The van der Waals surface area contributed by atoms with E-state index in [1.807, 2.05) is 25.1 Å². The first kappa shape index (κ1) is 15.6. The summed E-state index contributed by atoms with van der Waals surface area (Å²) in [6.07, 6.45) is 2.50. The van der Waals surface area contributed by atoms with E-state index in [4.69, 9.17) is 14.2 Å². The summed E-state index contributed by atoms with van der Waals surface area (Å²) in [4.78, 5) is 0. The predicted octanol–water partition coefficient (Wildman–Crippen LogP) is 2.86. The van der Waals surface area contributed by atoms with Crippen molar-refractivity contribution in [2.45, 2.75) is 32.8 Å². The van der Waals surface area contributed by atoms with E-state index in [0.29, 0.717) is 0 Å². The van der Waals surface area contributed by atoms with Gasteiger partial charge in [0.1, 0.15) is 23.4 Å². The number of hydrogen-bond acceptors (Lipinski definition) is 4. The second kappa shape index (κ2) is 8.64. The van der Waals surface area contributed by atoms with E-state index in [1.165, 1.54) is 12.8 Å². The van der Waals surface area contributed by atoms with Gasteiger partial charge < -0.3 is 19.5 Å². The van der Waals surface area contributed by atoms with Crippen molar-refractivity contribution < 1.29 is 14.2 Å². The molecule has 1 atom stereocenters. The fraction of sp³-hybridized carbons (Fsp3) is 0.600. The molecule has 0 fully saturated rings. The molecule has 1 unspecified atom stereocenters. The molecule has 0 amide bonds. The van der Waals surface area contributed by atoms with E-state index in [-0.39, 0.29) is 6.10 Å². The van der Waals surface area contributed by atoms with Gasteiger partial charge in [-0.3, -0.25) is 0 Å². The summed E-state index contributed by atoms with van der Waals surface area (Å²) in [6.45, 7) is 6.10. The molecule has 0 saturated carbocycles. The molecule has 19 heavy (non-hydrogen) atoms. The zero-order chi connectivity index (χ0) is 14.1. The second-order valence-electron chi connectivity index (χ2n) is 4.53. The molecule has 0 radical (unpaired) electrons. The minimum absolute atomic E-state index is 0.105. The molecule has 0 saturated heterocycles. The van der Waals surface area contributed by atoms with E-state index in [0.717, 1.165) is 30.3 Å².